The van der Waals surface area contributed by atoms with Crippen LogP contribution in [0.25, 0.3) is 0 Å². The number of esters is 1. The van der Waals surface area contributed by atoms with Gasteiger partial charge in [-0.3, -0.25) is 4.99 Å². The quantitative estimate of drug-likeness (QED) is 0.539. The molecule has 1 aliphatic heterocycles. The van der Waals surface area contributed by atoms with Crippen molar-refractivity contribution in [2.75, 3.05) is 12.4 Å². The van der Waals surface area contributed by atoms with Crippen LogP contribution < -0.4 is 5.32 Å². The van der Waals surface area contributed by atoms with E-state index in [4.69, 9.17) is 4.74 Å². The molecule has 142 valence electrons. The number of aliphatic imine (C=N–C) groups is 1. The number of methoxy groups -OCH3 is 1. The predicted molar refractivity (Wildman–Crippen MR) is 98.7 cm³/mol. The number of aromatic nitrogens is 1. The van der Waals surface area contributed by atoms with Crippen molar-refractivity contribution in [3.05, 3.63) is 63.0 Å². The van der Waals surface area contributed by atoms with Crippen LogP contribution in [-0.4, -0.2) is 29.2 Å². The lowest BCUT2D eigenvalue weighted by Crippen LogP contribution is -2.34. The van der Waals surface area contributed by atoms with Gasteiger partial charge in [0.25, 0.3) is 6.43 Å². The number of rotatable bonds is 5. The van der Waals surface area contributed by atoms with E-state index in [0.717, 1.165) is 12.1 Å². The molecule has 1 atom stereocenters. The summed E-state index contributed by atoms with van der Waals surface area (Å²) in [7, 11) is 1.19. The number of allylic oxidation sites excluding steroid dienone is 1. The summed E-state index contributed by atoms with van der Waals surface area (Å²) in [4.78, 5) is 21.0. The molecule has 0 bridgehead atoms. The summed E-state index contributed by atoms with van der Waals surface area (Å²) in [6.07, 6.45) is -1.36. The number of nitrogens with one attached hydrogen (secondary N) is 1. The molecule has 0 saturated carbocycles. The molecule has 0 saturated heterocycles. The molecule has 27 heavy (non-hydrogen) atoms. The first kappa shape index (κ1) is 19.6. The second-order valence-corrected chi connectivity index (χ2v) is 6.89. The number of hydrogen-bond donors (Lipinski definition) is 1. The smallest absolute Gasteiger partial charge is 0.338 e. The lowest BCUT2D eigenvalue weighted by atomic mass is 9.92. The summed E-state index contributed by atoms with van der Waals surface area (Å²) >= 11 is 4.59. The molecule has 1 aromatic heterocycles. The highest BCUT2D eigenvalue weighted by Crippen LogP contribution is 2.38. The molecule has 1 N–H and O–H groups in total. The zero-order valence-electron chi connectivity index (χ0n) is 13.9. The molecule has 0 aliphatic carbocycles. The highest BCUT2D eigenvalue weighted by atomic mass is 79.9. The number of benzene rings is 1. The van der Waals surface area contributed by atoms with Crippen LogP contribution in [0.4, 0.5) is 13.2 Å². The number of alkyl halides is 3. The molecule has 1 unspecified atom stereocenters. The average molecular weight is 460 g/mol. The number of halogens is 4. The predicted octanol–water partition coefficient (Wildman–Crippen LogP) is 4.13. The van der Waals surface area contributed by atoms with Gasteiger partial charge in [0, 0.05) is 28.2 Å². The monoisotopic (exact) mass is 459 g/mol. The molecule has 0 fully saturated rings. The Kier molecular flexibility index (Phi) is 5.95. The first-order valence-electron chi connectivity index (χ1n) is 7.65. The Bertz CT molecular complexity index is 916. The third-order valence-electron chi connectivity index (χ3n) is 3.88. The van der Waals surface area contributed by atoms with Gasteiger partial charge in [-0.05, 0) is 17.7 Å². The van der Waals surface area contributed by atoms with E-state index in [1.165, 1.54) is 24.5 Å². The maximum absolute atomic E-state index is 13.5. The molecular weight excluding hydrogens is 447 g/mol. The Labute approximate surface area is 165 Å². The van der Waals surface area contributed by atoms with Gasteiger partial charge in [-0.15, -0.1) is 11.3 Å². The Morgan fingerprint density at radius 2 is 2.22 bits per heavy atom. The van der Waals surface area contributed by atoms with E-state index in [1.54, 1.807) is 11.6 Å². The number of carbonyl (C=O) groups excluding carboxylic acids is 1. The first-order chi connectivity index (χ1) is 13.0. The van der Waals surface area contributed by atoms with Crippen molar-refractivity contribution >= 4 is 39.1 Å². The Hall–Kier alpha value is -2.20. The standard InChI is InChI=1S/C17H13BrF3N3O2S/c1-26-17(25)12-11(7-18)23-15(16-22-4-5-27-16)24-13(12)9-3-2-8(19)6-10(9)14(20)21/h2-6,13-14H,7H2,1H3,(H,23,24). The molecule has 1 aliphatic rings. The Balaban J connectivity index is 2.22. The Morgan fingerprint density at radius 1 is 1.44 bits per heavy atom. The van der Waals surface area contributed by atoms with Gasteiger partial charge in [0.05, 0.1) is 12.7 Å². The maximum Gasteiger partial charge on any atom is 0.338 e. The minimum atomic E-state index is -2.93. The van der Waals surface area contributed by atoms with Gasteiger partial charge in [0.1, 0.15) is 11.9 Å². The number of thiazole rings is 1. The molecule has 10 heteroatoms. The molecule has 2 heterocycles. The van der Waals surface area contributed by atoms with Crippen molar-refractivity contribution < 1.29 is 22.7 Å². The summed E-state index contributed by atoms with van der Waals surface area (Å²) < 4.78 is 45.4. The maximum atomic E-state index is 13.5. The minimum Gasteiger partial charge on any atom is -0.466 e. The fourth-order valence-electron chi connectivity index (χ4n) is 2.71. The fraction of sp³-hybridized carbons (Fsp3) is 0.235. The lowest BCUT2D eigenvalue weighted by molar-refractivity contribution is -0.136. The van der Waals surface area contributed by atoms with Crippen molar-refractivity contribution in [2.45, 2.75) is 12.5 Å². The van der Waals surface area contributed by atoms with Crippen LogP contribution in [0.15, 0.2) is 46.0 Å². The van der Waals surface area contributed by atoms with Gasteiger partial charge in [0.15, 0.2) is 10.8 Å². The van der Waals surface area contributed by atoms with Crippen LogP contribution in [-0.2, 0) is 9.53 Å². The van der Waals surface area contributed by atoms with Crippen LogP contribution >= 0.6 is 27.3 Å². The lowest BCUT2D eigenvalue weighted by Gasteiger charge is -2.27. The van der Waals surface area contributed by atoms with Crippen molar-refractivity contribution in [3.63, 3.8) is 0 Å². The summed E-state index contributed by atoms with van der Waals surface area (Å²) in [5.74, 6) is -1.17. The van der Waals surface area contributed by atoms with E-state index in [2.05, 4.69) is 31.2 Å². The van der Waals surface area contributed by atoms with Gasteiger partial charge in [0.2, 0.25) is 0 Å². The van der Waals surface area contributed by atoms with Crippen molar-refractivity contribution in [3.8, 4) is 0 Å². The molecular formula is C17H13BrF3N3O2S. The number of hydrogen-bond acceptors (Lipinski definition) is 6. The molecule has 0 amide bonds. The summed E-state index contributed by atoms with van der Waals surface area (Å²) in [6.45, 7) is 0. The number of carbonyl (C=O) groups is 1. The molecule has 0 spiro atoms. The molecule has 5 nitrogen and oxygen atoms in total. The van der Waals surface area contributed by atoms with E-state index in [1.807, 2.05) is 0 Å². The van der Waals surface area contributed by atoms with Crippen LogP contribution in [0.1, 0.15) is 28.6 Å². The zero-order chi connectivity index (χ0) is 19.6. The molecule has 0 radical (unpaired) electrons. The van der Waals surface area contributed by atoms with E-state index in [-0.39, 0.29) is 16.5 Å². The van der Waals surface area contributed by atoms with E-state index < -0.39 is 29.8 Å². The van der Waals surface area contributed by atoms with Crippen molar-refractivity contribution in [1.29, 1.82) is 0 Å². The van der Waals surface area contributed by atoms with E-state index >= 15 is 0 Å². The largest absolute Gasteiger partial charge is 0.466 e. The van der Waals surface area contributed by atoms with Crippen molar-refractivity contribution in [2.24, 2.45) is 4.99 Å². The first-order valence-corrected chi connectivity index (χ1v) is 9.65. The highest BCUT2D eigenvalue weighted by Gasteiger charge is 2.34. The molecule has 3 rings (SSSR count). The van der Waals surface area contributed by atoms with Gasteiger partial charge >= 0.3 is 5.97 Å². The summed E-state index contributed by atoms with van der Waals surface area (Å²) in [6, 6.07) is 1.94. The van der Waals surface area contributed by atoms with E-state index in [9.17, 15) is 18.0 Å². The van der Waals surface area contributed by atoms with Crippen LogP contribution in [0.5, 0.6) is 0 Å². The molecule has 2 aromatic rings. The second-order valence-electron chi connectivity index (χ2n) is 5.43. The summed E-state index contributed by atoms with van der Waals surface area (Å²) in [5, 5.41) is 5.50. The third kappa shape index (κ3) is 3.91. The van der Waals surface area contributed by atoms with Gasteiger partial charge in [-0.2, -0.15) is 0 Å². The summed E-state index contributed by atoms with van der Waals surface area (Å²) in [5.41, 5.74) is -0.0138. The van der Waals surface area contributed by atoms with Gasteiger partial charge in [-0.25, -0.2) is 22.9 Å². The number of ether oxygens (including phenoxy) is 1. The minimum absolute atomic E-state index is 0.0285. The topological polar surface area (TPSA) is 63.6 Å². The number of nitrogens with zero attached hydrogens (tertiary/aromatic N) is 2. The van der Waals surface area contributed by atoms with Crippen LogP contribution in [0, 0.1) is 5.82 Å². The average Bonchev–Trinajstić information content (AvgIpc) is 3.21. The van der Waals surface area contributed by atoms with Crippen molar-refractivity contribution in [1.82, 2.24) is 10.3 Å². The SMILES string of the molecule is COC(=O)C1=C(CBr)NC(c2nccs2)=NC1c1ccc(F)cc1C(F)F. The van der Waals surface area contributed by atoms with E-state index in [0.29, 0.717) is 16.5 Å². The highest BCUT2D eigenvalue weighted by molar-refractivity contribution is 9.09. The fourth-order valence-corrected chi connectivity index (χ4v) is 3.74. The van der Waals surface area contributed by atoms with Crippen LogP contribution in [0.3, 0.4) is 0 Å². The number of amidine groups is 1. The normalized spacial score (nSPS) is 17.0. The van der Waals surface area contributed by atoms with Gasteiger partial charge in [-0.1, -0.05) is 22.0 Å². The molecule has 1 aromatic carbocycles. The van der Waals surface area contributed by atoms with Crippen LogP contribution in [0.2, 0.25) is 0 Å². The Morgan fingerprint density at radius 3 is 2.81 bits per heavy atom. The zero-order valence-corrected chi connectivity index (χ0v) is 16.3. The van der Waals surface area contributed by atoms with Gasteiger partial charge < -0.3 is 10.1 Å². The third-order valence-corrected chi connectivity index (χ3v) is 5.22. The second kappa shape index (κ2) is 8.22.